The van der Waals surface area contributed by atoms with Gasteiger partial charge in [0.05, 0.1) is 11.5 Å². The summed E-state index contributed by atoms with van der Waals surface area (Å²) in [5, 5.41) is 0. The molecule has 1 saturated heterocycles. The van der Waals surface area contributed by atoms with E-state index >= 15 is 0 Å². The zero-order valence-corrected chi connectivity index (χ0v) is 14.4. The SMILES string of the molecule is Cc1[nH]c(=O)[nH]c(=O)c1-c1ccc(C(=O)N2CCC[C@@H](C(N)=O)C2)cc1. The molecule has 136 valence electrons. The highest BCUT2D eigenvalue weighted by Crippen LogP contribution is 2.21. The Morgan fingerprint density at radius 1 is 1.15 bits per heavy atom. The molecule has 4 N–H and O–H groups in total. The van der Waals surface area contributed by atoms with Crippen LogP contribution in [0.25, 0.3) is 11.1 Å². The molecule has 1 fully saturated rings. The van der Waals surface area contributed by atoms with Crippen molar-refractivity contribution in [3.8, 4) is 11.1 Å². The molecule has 2 amide bonds. The van der Waals surface area contributed by atoms with E-state index in [-0.39, 0.29) is 17.7 Å². The molecule has 0 saturated carbocycles. The van der Waals surface area contributed by atoms with Crippen LogP contribution in [-0.4, -0.2) is 39.8 Å². The van der Waals surface area contributed by atoms with Crippen molar-refractivity contribution in [1.29, 1.82) is 0 Å². The number of rotatable bonds is 3. The van der Waals surface area contributed by atoms with Crippen LogP contribution in [0.1, 0.15) is 28.9 Å². The van der Waals surface area contributed by atoms with Gasteiger partial charge in [0.2, 0.25) is 5.91 Å². The summed E-state index contributed by atoms with van der Waals surface area (Å²) < 4.78 is 0. The van der Waals surface area contributed by atoms with Crippen LogP contribution in [0.3, 0.4) is 0 Å². The summed E-state index contributed by atoms with van der Waals surface area (Å²) in [4.78, 5) is 53.7. The third-order valence-corrected chi connectivity index (χ3v) is 4.66. The number of nitrogens with one attached hydrogen (secondary N) is 2. The highest BCUT2D eigenvalue weighted by molar-refractivity contribution is 5.95. The van der Waals surface area contributed by atoms with Gasteiger partial charge in [-0.1, -0.05) is 12.1 Å². The number of aryl methyl sites for hydroxylation is 1. The molecule has 8 heteroatoms. The highest BCUT2D eigenvalue weighted by Gasteiger charge is 2.27. The molecule has 3 rings (SSSR count). The first-order valence-corrected chi connectivity index (χ1v) is 8.39. The van der Waals surface area contributed by atoms with Crippen LogP contribution in [-0.2, 0) is 4.79 Å². The Labute approximate surface area is 149 Å². The Morgan fingerprint density at radius 2 is 1.85 bits per heavy atom. The summed E-state index contributed by atoms with van der Waals surface area (Å²) >= 11 is 0. The fourth-order valence-corrected chi connectivity index (χ4v) is 3.30. The number of aromatic amines is 2. The number of hydrogen-bond donors (Lipinski definition) is 3. The first-order valence-electron chi connectivity index (χ1n) is 8.39. The van der Waals surface area contributed by atoms with Crippen LogP contribution >= 0.6 is 0 Å². The molecule has 1 aliphatic rings. The van der Waals surface area contributed by atoms with Crippen LogP contribution in [0.15, 0.2) is 33.9 Å². The standard InChI is InChI=1S/C18H20N4O4/c1-10-14(16(24)21-18(26)20-10)11-4-6-12(7-5-11)17(25)22-8-2-3-13(9-22)15(19)23/h4-7,13H,2-3,8-9H2,1H3,(H2,19,23)(H2,20,21,24,26)/t13-/m1/s1. The number of nitrogens with two attached hydrogens (primary N) is 1. The molecule has 0 spiro atoms. The largest absolute Gasteiger partial charge is 0.369 e. The Hall–Kier alpha value is -3.16. The number of carbonyl (C=O) groups excluding carboxylic acids is 2. The van der Waals surface area contributed by atoms with Crippen LogP contribution in [0.5, 0.6) is 0 Å². The highest BCUT2D eigenvalue weighted by atomic mass is 16.2. The molecular formula is C18H20N4O4. The minimum atomic E-state index is -0.558. The number of piperidine rings is 1. The van der Waals surface area contributed by atoms with Crippen molar-refractivity contribution >= 4 is 11.8 Å². The topological polar surface area (TPSA) is 129 Å². The number of hydrogen-bond acceptors (Lipinski definition) is 4. The van der Waals surface area contributed by atoms with Gasteiger partial charge in [0.25, 0.3) is 11.5 Å². The van der Waals surface area contributed by atoms with Crippen molar-refractivity contribution in [2.24, 2.45) is 11.7 Å². The van der Waals surface area contributed by atoms with E-state index in [0.717, 1.165) is 6.42 Å². The maximum Gasteiger partial charge on any atom is 0.325 e. The van der Waals surface area contributed by atoms with Gasteiger partial charge in [-0.15, -0.1) is 0 Å². The molecule has 2 heterocycles. The van der Waals surface area contributed by atoms with Crippen molar-refractivity contribution in [3.63, 3.8) is 0 Å². The lowest BCUT2D eigenvalue weighted by Crippen LogP contribution is -2.44. The van der Waals surface area contributed by atoms with Crippen LogP contribution in [0.4, 0.5) is 0 Å². The molecule has 1 aliphatic heterocycles. The van der Waals surface area contributed by atoms with Crippen molar-refractivity contribution in [1.82, 2.24) is 14.9 Å². The van der Waals surface area contributed by atoms with E-state index in [1.54, 1.807) is 36.1 Å². The number of primary amides is 1. The Kier molecular flexibility index (Phi) is 4.75. The summed E-state index contributed by atoms with van der Waals surface area (Å²) in [6.07, 6.45) is 1.44. The molecule has 2 aromatic rings. The van der Waals surface area contributed by atoms with Gasteiger partial charge in [0, 0.05) is 24.3 Å². The summed E-state index contributed by atoms with van der Waals surface area (Å²) in [7, 11) is 0. The molecule has 0 unspecified atom stereocenters. The van der Waals surface area contributed by atoms with Gasteiger partial charge < -0.3 is 15.6 Å². The smallest absolute Gasteiger partial charge is 0.325 e. The first-order chi connectivity index (χ1) is 12.4. The predicted molar refractivity (Wildman–Crippen MR) is 95.7 cm³/mol. The van der Waals surface area contributed by atoms with E-state index in [1.807, 2.05) is 0 Å². The van der Waals surface area contributed by atoms with Gasteiger partial charge in [0.15, 0.2) is 0 Å². The zero-order valence-electron chi connectivity index (χ0n) is 14.4. The van der Waals surface area contributed by atoms with Crippen LogP contribution in [0.2, 0.25) is 0 Å². The first kappa shape index (κ1) is 17.7. The van der Waals surface area contributed by atoms with Crippen molar-refractivity contribution in [2.75, 3.05) is 13.1 Å². The second-order valence-electron chi connectivity index (χ2n) is 6.48. The van der Waals surface area contributed by atoms with E-state index in [1.165, 1.54) is 0 Å². The van der Waals surface area contributed by atoms with Crippen LogP contribution < -0.4 is 17.0 Å². The van der Waals surface area contributed by atoms with Gasteiger partial charge in [-0.2, -0.15) is 0 Å². The number of likely N-dealkylation sites (tertiary alicyclic amines) is 1. The maximum absolute atomic E-state index is 12.7. The van der Waals surface area contributed by atoms with Crippen molar-refractivity contribution in [2.45, 2.75) is 19.8 Å². The number of aromatic nitrogens is 2. The summed E-state index contributed by atoms with van der Waals surface area (Å²) in [5.41, 5.74) is 6.20. The molecule has 1 aromatic carbocycles. The number of benzene rings is 1. The summed E-state index contributed by atoms with van der Waals surface area (Å²) in [6.45, 7) is 2.56. The lowest BCUT2D eigenvalue weighted by atomic mass is 9.96. The van der Waals surface area contributed by atoms with Crippen molar-refractivity contribution in [3.05, 3.63) is 56.4 Å². The van der Waals surface area contributed by atoms with Crippen molar-refractivity contribution < 1.29 is 9.59 Å². The predicted octanol–water partition coefficient (Wildman–Crippen LogP) is 0.376. The van der Waals surface area contributed by atoms with Gasteiger partial charge in [-0.25, -0.2) is 4.79 Å². The minimum absolute atomic E-state index is 0.172. The second kappa shape index (κ2) is 6.99. The quantitative estimate of drug-likeness (QED) is 0.734. The number of amides is 2. The molecule has 8 nitrogen and oxygen atoms in total. The molecule has 1 atom stereocenters. The van der Waals surface area contributed by atoms with E-state index in [9.17, 15) is 19.2 Å². The van der Waals surface area contributed by atoms with E-state index in [2.05, 4.69) is 9.97 Å². The average molecular weight is 356 g/mol. The average Bonchev–Trinajstić information content (AvgIpc) is 2.61. The summed E-state index contributed by atoms with van der Waals surface area (Å²) in [5.74, 6) is -0.866. The van der Waals surface area contributed by atoms with E-state index in [0.29, 0.717) is 41.9 Å². The molecule has 1 aromatic heterocycles. The molecule has 26 heavy (non-hydrogen) atoms. The normalized spacial score (nSPS) is 17.1. The Bertz CT molecular complexity index is 958. The van der Waals surface area contributed by atoms with Gasteiger partial charge in [-0.3, -0.25) is 19.4 Å². The Morgan fingerprint density at radius 3 is 2.46 bits per heavy atom. The molecular weight excluding hydrogens is 336 g/mol. The number of nitrogens with zero attached hydrogens (tertiary/aromatic N) is 1. The molecule has 0 aliphatic carbocycles. The van der Waals surface area contributed by atoms with Gasteiger partial charge in [0.1, 0.15) is 0 Å². The maximum atomic E-state index is 12.7. The van der Waals surface area contributed by atoms with Crippen LogP contribution in [0, 0.1) is 12.8 Å². The lowest BCUT2D eigenvalue weighted by molar-refractivity contribution is -0.123. The third-order valence-electron chi connectivity index (χ3n) is 4.66. The van der Waals surface area contributed by atoms with Gasteiger partial charge in [-0.05, 0) is 37.5 Å². The Balaban J connectivity index is 1.84. The summed E-state index contributed by atoms with van der Waals surface area (Å²) in [6, 6.07) is 6.60. The minimum Gasteiger partial charge on any atom is -0.369 e. The fourth-order valence-electron chi connectivity index (χ4n) is 3.30. The third kappa shape index (κ3) is 3.44. The monoisotopic (exact) mass is 356 g/mol. The molecule has 0 bridgehead atoms. The fraction of sp³-hybridized carbons (Fsp3) is 0.333. The second-order valence-corrected chi connectivity index (χ2v) is 6.48. The lowest BCUT2D eigenvalue weighted by Gasteiger charge is -2.31. The van der Waals surface area contributed by atoms with E-state index in [4.69, 9.17) is 5.73 Å². The van der Waals surface area contributed by atoms with E-state index < -0.39 is 11.2 Å². The number of H-pyrrole nitrogens is 2. The van der Waals surface area contributed by atoms with Gasteiger partial charge >= 0.3 is 5.69 Å². The number of carbonyl (C=O) groups is 2. The zero-order chi connectivity index (χ0) is 18.8. The molecule has 0 radical (unpaired) electrons.